The van der Waals surface area contributed by atoms with Gasteiger partial charge in [-0.25, -0.2) is 0 Å². The standard InChI is InChI=1S/C24H41NO2/c1-16(25-13-4-14-26)20-7-8-21-19-6-5-17-15-18(27)9-11-23(17,2)22(19)10-12-24(20,21)3/h5,16,18-22,25-27H,4,6-15H2,1-3H3/t16-,18-,19-,20+,21-,22-,23-,24+/m0/s1. The highest BCUT2D eigenvalue weighted by atomic mass is 16.3. The van der Waals surface area contributed by atoms with E-state index in [4.69, 9.17) is 5.11 Å². The van der Waals surface area contributed by atoms with Crippen LogP contribution in [0.25, 0.3) is 0 Å². The predicted molar refractivity (Wildman–Crippen MR) is 110 cm³/mol. The summed E-state index contributed by atoms with van der Waals surface area (Å²) in [6.07, 6.45) is 13.2. The quantitative estimate of drug-likeness (QED) is 0.496. The van der Waals surface area contributed by atoms with Crippen LogP contribution in [-0.4, -0.2) is 35.5 Å². The Kier molecular flexibility index (Phi) is 5.50. The predicted octanol–water partition coefficient (Wildman–Crippen LogP) is 4.29. The van der Waals surface area contributed by atoms with Crippen molar-refractivity contribution in [1.29, 1.82) is 0 Å². The maximum Gasteiger partial charge on any atom is 0.0577 e. The van der Waals surface area contributed by atoms with Gasteiger partial charge in [-0.1, -0.05) is 25.5 Å². The van der Waals surface area contributed by atoms with Crippen LogP contribution in [0.4, 0.5) is 0 Å². The SMILES string of the molecule is C[C@H](NCCCO)[C@H]1CC[C@H]2[C@@H]3CC=C4C[C@@H](O)CC[C@]4(C)[C@H]3CC[C@]12C. The maximum absolute atomic E-state index is 10.2. The number of nitrogens with one attached hydrogen (secondary N) is 1. The summed E-state index contributed by atoms with van der Waals surface area (Å²) >= 11 is 0. The number of hydrogen-bond donors (Lipinski definition) is 3. The van der Waals surface area contributed by atoms with E-state index >= 15 is 0 Å². The van der Waals surface area contributed by atoms with Crippen molar-refractivity contribution in [1.82, 2.24) is 5.32 Å². The van der Waals surface area contributed by atoms with Gasteiger partial charge in [0.05, 0.1) is 6.10 Å². The largest absolute Gasteiger partial charge is 0.396 e. The molecule has 0 radical (unpaired) electrons. The molecule has 154 valence electrons. The van der Waals surface area contributed by atoms with Crippen LogP contribution < -0.4 is 5.32 Å². The summed E-state index contributed by atoms with van der Waals surface area (Å²) in [6.45, 7) is 8.73. The molecule has 4 aliphatic carbocycles. The molecule has 4 rings (SSSR count). The Morgan fingerprint density at radius 3 is 2.74 bits per heavy atom. The van der Waals surface area contributed by atoms with Gasteiger partial charge in [-0.15, -0.1) is 0 Å². The first-order valence-electron chi connectivity index (χ1n) is 11.6. The molecule has 27 heavy (non-hydrogen) atoms. The molecule has 0 aliphatic heterocycles. The second-order valence-electron chi connectivity index (χ2n) is 10.7. The second-order valence-corrected chi connectivity index (χ2v) is 10.7. The van der Waals surface area contributed by atoms with Gasteiger partial charge in [-0.3, -0.25) is 0 Å². The van der Waals surface area contributed by atoms with E-state index in [0.717, 1.165) is 49.5 Å². The molecule has 0 unspecified atom stereocenters. The fourth-order valence-electron chi connectivity index (χ4n) is 8.05. The molecule has 3 fully saturated rings. The summed E-state index contributed by atoms with van der Waals surface area (Å²) in [5.41, 5.74) is 2.41. The first-order chi connectivity index (χ1) is 12.9. The lowest BCUT2D eigenvalue weighted by Gasteiger charge is -2.58. The minimum Gasteiger partial charge on any atom is -0.396 e. The Labute approximate surface area is 166 Å². The van der Waals surface area contributed by atoms with Crippen LogP contribution in [0.5, 0.6) is 0 Å². The molecule has 8 atom stereocenters. The molecular formula is C24H41NO2. The molecule has 0 aromatic heterocycles. The van der Waals surface area contributed by atoms with E-state index in [1.165, 1.54) is 38.5 Å². The van der Waals surface area contributed by atoms with Crippen LogP contribution in [0.2, 0.25) is 0 Å². The van der Waals surface area contributed by atoms with Gasteiger partial charge >= 0.3 is 0 Å². The molecule has 0 aromatic carbocycles. The van der Waals surface area contributed by atoms with Crippen molar-refractivity contribution in [2.75, 3.05) is 13.2 Å². The average Bonchev–Trinajstić information content (AvgIpc) is 3.00. The number of aliphatic hydroxyl groups is 2. The average molecular weight is 376 g/mol. The monoisotopic (exact) mass is 375 g/mol. The van der Waals surface area contributed by atoms with Crippen LogP contribution in [0.1, 0.15) is 78.6 Å². The fraction of sp³-hybridized carbons (Fsp3) is 0.917. The Morgan fingerprint density at radius 1 is 1.15 bits per heavy atom. The van der Waals surface area contributed by atoms with Gasteiger partial charge in [0, 0.05) is 12.6 Å². The van der Waals surface area contributed by atoms with Crippen LogP contribution in [-0.2, 0) is 0 Å². The first kappa shape index (κ1) is 19.9. The zero-order valence-corrected chi connectivity index (χ0v) is 17.7. The van der Waals surface area contributed by atoms with E-state index in [9.17, 15) is 5.11 Å². The summed E-state index contributed by atoms with van der Waals surface area (Å²) in [7, 11) is 0. The second kappa shape index (κ2) is 7.46. The molecule has 3 nitrogen and oxygen atoms in total. The highest BCUT2D eigenvalue weighted by Crippen LogP contribution is 2.66. The third-order valence-corrected chi connectivity index (χ3v) is 9.56. The number of fused-ring (bicyclic) bond motifs is 5. The number of rotatable bonds is 5. The Hall–Kier alpha value is -0.380. The molecule has 0 spiro atoms. The van der Waals surface area contributed by atoms with Crippen molar-refractivity contribution < 1.29 is 10.2 Å². The van der Waals surface area contributed by atoms with E-state index < -0.39 is 0 Å². The van der Waals surface area contributed by atoms with Gasteiger partial charge in [0.2, 0.25) is 0 Å². The van der Waals surface area contributed by atoms with E-state index in [1.807, 2.05) is 0 Å². The smallest absolute Gasteiger partial charge is 0.0577 e. The van der Waals surface area contributed by atoms with E-state index in [2.05, 4.69) is 32.2 Å². The van der Waals surface area contributed by atoms with Crippen molar-refractivity contribution in [2.45, 2.75) is 90.7 Å². The van der Waals surface area contributed by atoms with Gasteiger partial charge in [0.1, 0.15) is 0 Å². The van der Waals surface area contributed by atoms with Gasteiger partial charge < -0.3 is 15.5 Å². The van der Waals surface area contributed by atoms with Crippen LogP contribution in [0.3, 0.4) is 0 Å². The van der Waals surface area contributed by atoms with Crippen LogP contribution >= 0.6 is 0 Å². The minimum absolute atomic E-state index is 0.101. The van der Waals surface area contributed by atoms with Crippen molar-refractivity contribution in [3.05, 3.63) is 11.6 Å². The molecule has 4 aliphatic rings. The Morgan fingerprint density at radius 2 is 1.96 bits per heavy atom. The van der Waals surface area contributed by atoms with Crippen LogP contribution in [0, 0.1) is 34.5 Å². The molecule has 3 heteroatoms. The normalized spacial score (nSPS) is 47.6. The summed E-state index contributed by atoms with van der Waals surface area (Å²) < 4.78 is 0. The van der Waals surface area contributed by atoms with Crippen molar-refractivity contribution in [3.8, 4) is 0 Å². The lowest BCUT2D eigenvalue weighted by Crippen LogP contribution is -2.52. The maximum atomic E-state index is 10.2. The van der Waals surface area contributed by atoms with Gasteiger partial charge in [0.25, 0.3) is 0 Å². The minimum atomic E-state index is -0.101. The molecule has 0 heterocycles. The topological polar surface area (TPSA) is 52.5 Å². The number of allylic oxidation sites excluding steroid dienone is 1. The zero-order valence-electron chi connectivity index (χ0n) is 17.7. The molecule has 0 saturated heterocycles. The van der Waals surface area contributed by atoms with Crippen molar-refractivity contribution in [2.24, 2.45) is 34.5 Å². The lowest BCUT2D eigenvalue weighted by atomic mass is 9.47. The van der Waals surface area contributed by atoms with Gasteiger partial charge in [-0.2, -0.15) is 0 Å². The van der Waals surface area contributed by atoms with Crippen molar-refractivity contribution >= 4 is 0 Å². The third-order valence-electron chi connectivity index (χ3n) is 9.56. The number of hydrogen-bond acceptors (Lipinski definition) is 3. The zero-order chi connectivity index (χ0) is 19.2. The molecular weight excluding hydrogens is 334 g/mol. The van der Waals surface area contributed by atoms with Crippen molar-refractivity contribution in [3.63, 3.8) is 0 Å². The molecule has 0 aromatic rings. The van der Waals surface area contributed by atoms with E-state index in [-0.39, 0.29) is 12.7 Å². The Bertz CT molecular complexity index is 575. The van der Waals surface area contributed by atoms with Crippen LogP contribution in [0.15, 0.2) is 11.6 Å². The van der Waals surface area contributed by atoms with E-state index in [0.29, 0.717) is 16.9 Å². The molecule has 3 saturated carbocycles. The van der Waals surface area contributed by atoms with E-state index in [1.54, 1.807) is 5.57 Å². The summed E-state index contributed by atoms with van der Waals surface area (Å²) in [4.78, 5) is 0. The fourth-order valence-corrected chi connectivity index (χ4v) is 8.05. The van der Waals surface area contributed by atoms with Gasteiger partial charge in [0.15, 0.2) is 0 Å². The lowest BCUT2D eigenvalue weighted by molar-refractivity contribution is -0.0535. The Balaban J connectivity index is 1.52. The summed E-state index contributed by atoms with van der Waals surface area (Å²) in [6, 6.07) is 0.554. The summed E-state index contributed by atoms with van der Waals surface area (Å²) in [5, 5.41) is 23.0. The molecule has 3 N–H and O–H groups in total. The molecule has 0 bridgehead atoms. The third kappa shape index (κ3) is 3.22. The highest BCUT2D eigenvalue weighted by Gasteiger charge is 2.59. The first-order valence-corrected chi connectivity index (χ1v) is 11.6. The molecule has 0 amide bonds. The highest BCUT2D eigenvalue weighted by molar-refractivity contribution is 5.25. The number of aliphatic hydroxyl groups excluding tert-OH is 2. The van der Waals surface area contributed by atoms with Gasteiger partial charge in [-0.05, 0) is 106 Å². The summed E-state index contributed by atoms with van der Waals surface area (Å²) in [5.74, 6) is 3.32.